The minimum absolute atomic E-state index is 0.577. The van der Waals surface area contributed by atoms with Crippen molar-refractivity contribution in [1.29, 1.82) is 0 Å². The summed E-state index contributed by atoms with van der Waals surface area (Å²) < 4.78 is 4.94. The lowest BCUT2D eigenvalue weighted by Crippen LogP contribution is -2.27. The van der Waals surface area contributed by atoms with Gasteiger partial charge in [0.15, 0.2) is 8.24 Å². The first-order valence-corrected chi connectivity index (χ1v) is 9.98. The minimum Gasteiger partial charge on any atom is -0.333 e. The third-order valence-corrected chi connectivity index (χ3v) is 5.67. The molecular formula is C13H23NSi. The Balaban J connectivity index is 1.84. The van der Waals surface area contributed by atoms with E-state index in [-0.39, 0.29) is 0 Å². The zero-order valence-corrected chi connectivity index (χ0v) is 11.3. The SMILES string of the molecule is C[Si](C)(C)/N=C/C12CC3CC(CC1C3)C2. The van der Waals surface area contributed by atoms with E-state index in [1.807, 2.05) is 0 Å². The summed E-state index contributed by atoms with van der Waals surface area (Å²) in [5, 5.41) is 0. The molecule has 84 valence electrons. The Labute approximate surface area is 94.5 Å². The predicted molar refractivity (Wildman–Crippen MR) is 67.8 cm³/mol. The van der Waals surface area contributed by atoms with Crippen molar-refractivity contribution in [2.75, 3.05) is 0 Å². The monoisotopic (exact) mass is 221 g/mol. The van der Waals surface area contributed by atoms with Gasteiger partial charge in [-0.25, -0.2) is 0 Å². The Morgan fingerprint density at radius 1 is 1.07 bits per heavy atom. The standard InChI is InChI=1S/C13H23NSi/c1-15(2,3)14-9-13-7-10-4-11(8-13)6-12(13)5-10/h9-12H,4-8H2,1-3H3/b14-9+. The van der Waals surface area contributed by atoms with E-state index in [2.05, 4.69) is 25.9 Å². The average Bonchev–Trinajstić information content (AvgIpc) is 2.48. The van der Waals surface area contributed by atoms with Crippen LogP contribution in [-0.4, -0.2) is 14.5 Å². The fourth-order valence-corrected chi connectivity index (χ4v) is 5.04. The zero-order valence-electron chi connectivity index (χ0n) is 10.3. The van der Waals surface area contributed by atoms with Crippen molar-refractivity contribution in [2.45, 2.75) is 51.7 Å². The second-order valence-corrected chi connectivity index (χ2v) is 11.8. The van der Waals surface area contributed by atoms with E-state index in [4.69, 9.17) is 4.66 Å². The molecule has 0 aromatic rings. The van der Waals surface area contributed by atoms with Crippen LogP contribution in [0.15, 0.2) is 4.66 Å². The molecule has 0 aromatic carbocycles. The molecule has 0 amide bonds. The number of hydrogen-bond donors (Lipinski definition) is 0. The van der Waals surface area contributed by atoms with E-state index in [0.29, 0.717) is 5.41 Å². The van der Waals surface area contributed by atoms with E-state index in [1.54, 1.807) is 6.42 Å². The molecule has 0 N–H and O–H groups in total. The highest BCUT2D eigenvalue weighted by molar-refractivity contribution is 6.75. The molecule has 0 aromatic heterocycles. The number of hydrogen-bond acceptors (Lipinski definition) is 1. The maximum absolute atomic E-state index is 4.94. The molecule has 2 atom stereocenters. The Hall–Kier alpha value is -0.113. The van der Waals surface area contributed by atoms with Crippen molar-refractivity contribution >= 4 is 14.5 Å². The summed E-state index contributed by atoms with van der Waals surface area (Å²) in [5.74, 6) is 3.15. The Morgan fingerprint density at radius 2 is 1.67 bits per heavy atom. The van der Waals surface area contributed by atoms with Gasteiger partial charge in [0.05, 0.1) is 0 Å². The van der Waals surface area contributed by atoms with Crippen LogP contribution in [0.25, 0.3) is 0 Å². The predicted octanol–water partition coefficient (Wildman–Crippen LogP) is 3.72. The number of nitrogens with zero attached hydrogens (tertiary/aromatic N) is 1. The van der Waals surface area contributed by atoms with Gasteiger partial charge in [-0.2, -0.15) is 0 Å². The molecule has 4 rings (SSSR count). The minimum atomic E-state index is -1.23. The van der Waals surface area contributed by atoms with Gasteiger partial charge in [0.2, 0.25) is 0 Å². The zero-order chi connectivity index (χ0) is 10.7. The molecule has 2 heteroatoms. The largest absolute Gasteiger partial charge is 0.333 e. The lowest BCUT2D eigenvalue weighted by Gasteiger charge is -2.30. The highest BCUT2D eigenvalue weighted by atomic mass is 28.3. The van der Waals surface area contributed by atoms with Crippen molar-refractivity contribution in [3.05, 3.63) is 0 Å². The lowest BCUT2D eigenvalue weighted by atomic mass is 9.76. The van der Waals surface area contributed by atoms with Gasteiger partial charge in [0, 0.05) is 5.41 Å². The van der Waals surface area contributed by atoms with E-state index < -0.39 is 8.24 Å². The van der Waals surface area contributed by atoms with Gasteiger partial charge < -0.3 is 4.66 Å². The summed E-state index contributed by atoms with van der Waals surface area (Å²) in [6.45, 7) is 7.04. The van der Waals surface area contributed by atoms with Crippen molar-refractivity contribution in [3.8, 4) is 0 Å². The molecule has 1 nitrogen and oxygen atoms in total. The third-order valence-electron chi connectivity index (χ3n) is 4.76. The normalized spacial score (nSPS) is 48.3. The van der Waals surface area contributed by atoms with Gasteiger partial charge in [-0.15, -0.1) is 0 Å². The summed E-state index contributed by atoms with van der Waals surface area (Å²) in [6.07, 6.45) is 9.97. The molecule has 4 aliphatic rings. The summed E-state index contributed by atoms with van der Waals surface area (Å²) in [7, 11) is -1.23. The van der Waals surface area contributed by atoms with E-state index >= 15 is 0 Å². The van der Waals surface area contributed by atoms with Crippen molar-refractivity contribution in [2.24, 2.45) is 27.8 Å². The molecule has 0 saturated heterocycles. The summed E-state index contributed by atoms with van der Waals surface area (Å²) >= 11 is 0. The average molecular weight is 221 g/mol. The molecule has 0 radical (unpaired) electrons. The topological polar surface area (TPSA) is 12.4 Å². The number of rotatable bonds is 2. The van der Waals surface area contributed by atoms with Gasteiger partial charge in [-0.1, -0.05) is 0 Å². The van der Waals surface area contributed by atoms with Crippen LogP contribution in [0.4, 0.5) is 0 Å². The van der Waals surface area contributed by atoms with Crippen LogP contribution < -0.4 is 0 Å². The molecule has 4 aliphatic carbocycles. The third kappa shape index (κ3) is 1.61. The molecular weight excluding hydrogens is 198 g/mol. The second kappa shape index (κ2) is 2.97. The molecule has 0 spiro atoms. The first-order chi connectivity index (χ1) is 6.97. The van der Waals surface area contributed by atoms with E-state index in [9.17, 15) is 0 Å². The van der Waals surface area contributed by atoms with Gasteiger partial charge in [-0.3, -0.25) is 0 Å². The highest BCUT2D eigenvalue weighted by Gasteiger charge is 2.56. The van der Waals surface area contributed by atoms with Crippen LogP contribution in [0.3, 0.4) is 0 Å². The van der Waals surface area contributed by atoms with Crippen LogP contribution >= 0.6 is 0 Å². The van der Waals surface area contributed by atoms with Gasteiger partial charge in [-0.05, 0) is 75.7 Å². The molecule has 4 bridgehead atoms. The van der Waals surface area contributed by atoms with Crippen LogP contribution in [0.2, 0.25) is 19.6 Å². The molecule has 2 unspecified atom stereocenters. The lowest BCUT2D eigenvalue weighted by molar-refractivity contribution is 0.265. The Kier molecular flexibility index (Phi) is 1.99. The fraction of sp³-hybridized carbons (Fsp3) is 0.923. The van der Waals surface area contributed by atoms with Crippen LogP contribution in [-0.2, 0) is 0 Å². The fourth-order valence-electron chi connectivity index (χ4n) is 4.39. The summed E-state index contributed by atoms with van der Waals surface area (Å²) in [5.41, 5.74) is 0.577. The van der Waals surface area contributed by atoms with Crippen molar-refractivity contribution < 1.29 is 0 Å². The van der Waals surface area contributed by atoms with Crippen LogP contribution in [0.5, 0.6) is 0 Å². The van der Waals surface area contributed by atoms with Gasteiger partial charge in [0.1, 0.15) is 0 Å². The summed E-state index contributed by atoms with van der Waals surface area (Å²) in [4.78, 5) is 0. The molecule has 0 heterocycles. The Bertz CT molecular complexity index is 288. The second-order valence-electron chi connectivity index (χ2n) is 7.21. The van der Waals surface area contributed by atoms with Crippen LogP contribution in [0.1, 0.15) is 32.1 Å². The first kappa shape index (κ1) is 10.1. The smallest absolute Gasteiger partial charge is 0.171 e. The van der Waals surface area contributed by atoms with Gasteiger partial charge in [0.25, 0.3) is 0 Å². The van der Waals surface area contributed by atoms with Crippen molar-refractivity contribution in [3.63, 3.8) is 0 Å². The molecule has 4 fully saturated rings. The quantitative estimate of drug-likeness (QED) is 0.498. The van der Waals surface area contributed by atoms with E-state index in [1.165, 1.54) is 25.7 Å². The van der Waals surface area contributed by atoms with Crippen molar-refractivity contribution in [1.82, 2.24) is 0 Å². The molecule has 4 saturated carbocycles. The highest BCUT2D eigenvalue weighted by Crippen LogP contribution is 2.64. The van der Waals surface area contributed by atoms with Gasteiger partial charge >= 0.3 is 0 Å². The molecule has 15 heavy (non-hydrogen) atoms. The molecule has 0 aliphatic heterocycles. The van der Waals surface area contributed by atoms with Crippen LogP contribution in [0, 0.1) is 23.2 Å². The van der Waals surface area contributed by atoms with E-state index in [0.717, 1.165) is 17.8 Å². The Morgan fingerprint density at radius 3 is 2.20 bits per heavy atom. The summed E-state index contributed by atoms with van der Waals surface area (Å²) in [6, 6.07) is 0. The maximum Gasteiger partial charge on any atom is 0.171 e. The maximum atomic E-state index is 4.94. The first-order valence-electron chi connectivity index (χ1n) is 6.53.